The van der Waals surface area contributed by atoms with Crippen LogP contribution in [0.2, 0.25) is 0 Å². The molecule has 0 N–H and O–H groups in total. The van der Waals surface area contributed by atoms with Gasteiger partial charge in [0.2, 0.25) is 0 Å². The summed E-state index contributed by atoms with van der Waals surface area (Å²) in [5.41, 5.74) is 23.0. The van der Waals surface area contributed by atoms with Crippen LogP contribution in [0.4, 0.5) is 0 Å². The molecule has 8 aromatic carbocycles. The van der Waals surface area contributed by atoms with E-state index in [1.54, 1.807) is 11.1 Å². The van der Waals surface area contributed by atoms with Crippen LogP contribution >= 0.6 is 31.9 Å². The molecule has 2 unspecified atom stereocenters. The summed E-state index contributed by atoms with van der Waals surface area (Å²) in [7, 11) is 0. The third-order valence-electron chi connectivity index (χ3n) is 16.1. The number of hydrogen-bond donors (Lipinski definition) is 0. The largest absolute Gasteiger partial charge is 0.309 e. The number of rotatable bonds is 4. The number of para-hydroxylation sites is 4. The summed E-state index contributed by atoms with van der Waals surface area (Å²) in [5.74, 6) is 0.349. The van der Waals surface area contributed by atoms with Gasteiger partial charge in [-0.1, -0.05) is 210 Å². The molecule has 340 valence electrons. The first-order chi connectivity index (χ1) is 34.0. The average molecular weight is 1030 g/mol. The first-order valence-corrected chi connectivity index (χ1v) is 26.4. The fraction of sp³-hybridized carbons (Fsp3) is 0.152. The Kier molecular flexibility index (Phi) is 10.2. The van der Waals surface area contributed by atoms with E-state index in [4.69, 9.17) is 0 Å². The maximum Gasteiger partial charge on any atom is 0.0541 e. The van der Waals surface area contributed by atoms with E-state index in [2.05, 4.69) is 275 Å². The van der Waals surface area contributed by atoms with Gasteiger partial charge in [0.25, 0.3) is 0 Å². The monoisotopic (exact) mass is 1030 g/mol. The Balaban J connectivity index is 0.000000238. The van der Waals surface area contributed by atoms with Crippen LogP contribution in [0.3, 0.4) is 0 Å². The van der Waals surface area contributed by atoms with E-state index in [9.17, 15) is 0 Å². The van der Waals surface area contributed by atoms with E-state index in [1.807, 2.05) is 0 Å². The van der Waals surface area contributed by atoms with Crippen LogP contribution in [-0.2, 0) is 10.8 Å². The number of nitrogens with zero attached hydrogens (tertiary/aromatic N) is 2. The number of benzene rings is 8. The van der Waals surface area contributed by atoms with Crippen molar-refractivity contribution >= 4 is 86.6 Å². The van der Waals surface area contributed by atoms with Gasteiger partial charge < -0.3 is 9.13 Å². The summed E-state index contributed by atoms with van der Waals surface area (Å²) in [6.45, 7) is 9.51. The zero-order valence-corrected chi connectivity index (χ0v) is 43.0. The molecular formula is C66H52Br2N2. The third-order valence-corrected chi connectivity index (χ3v) is 17.2. The molecule has 0 bridgehead atoms. The second kappa shape index (κ2) is 16.4. The SMILES string of the molecule is CC1(C)C2=C(C=CC(Br)C2)c2ccc(Br)cc21.CC1(C)C2=C(C=CC(c3ccc(-n4c5ccccc5c5ccccc54)cc3)C2)c2ccc(-c3ccc(-n4c5ccccc5c5ccccc54)cc3)cc21. The molecule has 4 aliphatic rings. The second-order valence-corrected chi connectivity index (χ2v) is 22.7. The molecule has 2 aromatic heterocycles. The van der Waals surface area contributed by atoms with Gasteiger partial charge in [0.1, 0.15) is 0 Å². The van der Waals surface area contributed by atoms with Gasteiger partial charge in [-0.3, -0.25) is 0 Å². The van der Waals surface area contributed by atoms with Crippen molar-refractivity contribution in [3.05, 3.63) is 250 Å². The third kappa shape index (κ3) is 6.78. The van der Waals surface area contributed by atoms with Crippen LogP contribution in [0.25, 0.3) is 77.3 Å². The van der Waals surface area contributed by atoms with Crippen molar-refractivity contribution in [2.45, 2.75) is 62.1 Å². The average Bonchev–Trinajstić information content (AvgIpc) is 4.05. The predicted octanol–water partition coefficient (Wildman–Crippen LogP) is 18.6. The summed E-state index contributed by atoms with van der Waals surface area (Å²) >= 11 is 7.29. The molecule has 0 amide bonds. The Morgan fingerprint density at radius 3 is 1.40 bits per heavy atom. The van der Waals surface area contributed by atoms with Crippen molar-refractivity contribution in [1.29, 1.82) is 0 Å². The Morgan fingerprint density at radius 2 is 0.871 bits per heavy atom. The molecule has 0 fully saturated rings. The Hall–Kier alpha value is -6.72. The molecule has 4 aliphatic carbocycles. The standard InChI is InChI=1S/C51H38N2.C15H14Br2/c1-51(2)45-31-35(33-19-25-37(26-20-33)52-47-15-7-3-11-41(47)42-12-4-8-16-48(42)52)23-29-39(45)40-30-24-36(32-46(40)51)34-21-27-38(28-22-34)53-49-17-9-5-13-43(49)44-14-6-10-18-50(44)53;1-15(2)13-7-9(16)3-5-11(13)12-6-4-10(17)8-14(12)15/h3-31,36H,32H2,1-2H3;3-7,10H,8H2,1-2H3. The van der Waals surface area contributed by atoms with E-state index in [0.717, 1.165) is 12.8 Å². The van der Waals surface area contributed by atoms with Crippen LogP contribution in [0.1, 0.15) is 74.3 Å². The van der Waals surface area contributed by atoms with Gasteiger partial charge in [-0.15, -0.1) is 0 Å². The molecule has 14 rings (SSSR count). The number of allylic oxidation sites excluding steroid dienone is 8. The molecular weight excluding hydrogens is 981 g/mol. The highest BCUT2D eigenvalue weighted by Crippen LogP contribution is 2.54. The maximum absolute atomic E-state index is 3.71. The number of fused-ring (bicyclic) bond motifs is 10. The maximum atomic E-state index is 3.71. The summed E-state index contributed by atoms with van der Waals surface area (Å²) in [6, 6.07) is 67.1. The van der Waals surface area contributed by atoms with Crippen LogP contribution < -0.4 is 0 Å². The molecule has 4 heteroatoms. The van der Waals surface area contributed by atoms with E-state index in [1.165, 1.54) is 110 Å². The normalized spacial score (nSPS) is 18.3. The number of alkyl halides is 1. The van der Waals surface area contributed by atoms with E-state index in [0.29, 0.717) is 10.7 Å². The zero-order valence-electron chi connectivity index (χ0n) is 39.8. The summed E-state index contributed by atoms with van der Waals surface area (Å²) in [5, 5.41) is 5.17. The molecule has 2 heterocycles. The van der Waals surface area contributed by atoms with Crippen molar-refractivity contribution in [2.75, 3.05) is 0 Å². The van der Waals surface area contributed by atoms with Gasteiger partial charge in [0, 0.05) is 59.0 Å². The first kappa shape index (κ1) is 43.3. The smallest absolute Gasteiger partial charge is 0.0541 e. The number of halogens is 2. The number of aromatic nitrogens is 2. The molecule has 0 spiro atoms. The molecule has 0 saturated heterocycles. The molecule has 2 nitrogen and oxygen atoms in total. The van der Waals surface area contributed by atoms with Crippen molar-refractivity contribution in [3.8, 4) is 22.5 Å². The van der Waals surface area contributed by atoms with Gasteiger partial charge >= 0.3 is 0 Å². The first-order valence-electron chi connectivity index (χ1n) is 24.7. The van der Waals surface area contributed by atoms with Gasteiger partial charge in [-0.25, -0.2) is 0 Å². The summed E-state index contributed by atoms with van der Waals surface area (Å²) in [4.78, 5) is 0.485. The minimum atomic E-state index is -0.0461. The molecule has 0 saturated carbocycles. The summed E-state index contributed by atoms with van der Waals surface area (Å²) in [6.07, 6.45) is 11.5. The fourth-order valence-corrected chi connectivity index (χ4v) is 13.3. The molecule has 0 aliphatic heterocycles. The minimum Gasteiger partial charge on any atom is -0.309 e. The number of hydrogen-bond acceptors (Lipinski definition) is 0. The topological polar surface area (TPSA) is 9.86 Å². The lowest BCUT2D eigenvalue weighted by molar-refractivity contribution is 0.591. The van der Waals surface area contributed by atoms with Crippen LogP contribution in [0.15, 0.2) is 222 Å². The molecule has 70 heavy (non-hydrogen) atoms. The van der Waals surface area contributed by atoms with Crippen molar-refractivity contribution in [2.24, 2.45) is 0 Å². The molecule has 10 aromatic rings. The molecule has 2 atom stereocenters. The lowest BCUT2D eigenvalue weighted by Gasteiger charge is -2.29. The highest BCUT2D eigenvalue weighted by atomic mass is 79.9. The zero-order chi connectivity index (χ0) is 47.5. The van der Waals surface area contributed by atoms with Crippen LogP contribution in [-0.4, -0.2) is 14.0 Å². The Labute approximate surface area is 427 Å². The highest BCUT2D eigenvalue weighted by Gasteiger charge is 2.40. The van der Waals surface area contributed by atoms with Gasteiger partial charge in [0.15, 0.2) is 0 Å². The molecule has 0 radical (unpaired) electrons. The lowest BCUT2D eigenvalue weighted by Crippen LogP contribution is -2.20. The predicted molar refractivity (Wildman–Crippen MR) is 304 cm³/mol. The van der Waals surface area contributed by atoms with E-state index < -0.39 is 0 Å². The second-order valence-electron chi connectivity index (χ2n) is 20.6. The van der Waals surface area contributed by atoms with Crippen molar-refractivity contribution < 1.29 is 0 Å². The van der Waals surface area contributed by atoms with Gasteiger partial charge in [0.05, 0.1) is 22.1 Å². The Bertz CT molecular complexity index is 3800. The van der Waals surface area contributed by atoms with Crippen LogP contribution in [0.5, 0.6) is 0 Å². The van der Waals surface area contributed by atoms with Crippen molar-refractivity contribution in [1.82, 2.24) is 9.13 Å². The quantitative estimate of drug-likeness (QED) is 0.156. The highest BCUT2D eigenvalue weighted by molar-refractivity contribution is 9.10. The van der Waals surface area contributed by atoms with E-state index in [-0.39, 0.29) is 10.8 Å². The van der Waals surface area contributed by atoms with Gasteiger partial charge in [-0.05, 0) is 130 Å². The summed E-state index contributed by atoms with van der Waals surface area (Å²) < 4.78 is 5.96. The fourth-order valence-electron chi connectivity index (χ4n) is 12.4. The Morgan fingerprint density at radius 1 is 0.443 bits per heavy atom. The van der Waals surface area contributed by atoms with Gasteiger partial charge in [-0.2, -0.15) is 0 Å². The van der Waals surface area contributed by atoms with Crippen LogP contribution in [0, 0.1) is 0 Å². The minimum absolute atomic E-state index is 0.0461. The van der Waals surface area contributed by atoms with Crippen molar-refractivity contribution in [3.63, 3.8) is 0 Å². The van der Waals surface area contributed by atoms with E-state index >= 15 is 0 Å². The lowest BCUT2D eigenvalue weighted by atomic mass is 9.74.